The van der Waals surface area contributed by atoms with Crippen LogP contribution in [0.4, 0.5) is 5.69 Å². The molecule has 0 unspecified atom stereocenters. The van der Waals surface area contributed by atoms with Gasteiger partial charge in [-0.2, -0.15) is 0 Å². The number of carbonyl (C=O) groups is 1. The molecule has 9 nitrogen and oxygen atoms in total. The van der Waals surface area contributed by atoms with Crippen molar-refractivity contribution in [1.82, 2.24) is 29.6 Å². The van der Waals surface area contributed by atoms with Crippen LogP contribution in [0, 0.1) is 18.8 Å². The van der Waals surface area contributed by atoms with Crippen molar-refractivity contribution < 1.29 is 4.79 Å². The number of aromatic nitrogens is 6. The monoisotopic (exact) mass is 437 g/mol. The van der Waals surface area contributed by atoms with E-state index in [0.29, 0.717) is 22.7 Å². The number of rotatable bonds is 6. The Kier molecular flexibility index (Phi) is 5.01. The summed E-state index contributed by atoms with van der Waals surface area (Å²) in [5, 5.41) is 15.5. The van der Waals surface area contributed by atoms with Gasteiger partial charge in [-0.1, -0.05) is 42.1 Å². The average Bonchev–Trinajstić information content (AvgIpc) is 3.55. The number of carbonyl (C=O) groups excluding carboxylic acids is 1. The third-order valence-electron chi connectivity index (χ3n) is 6.17. The third kappa shape index (κ3) is 3.50. The first-order chi connectivity index (χ1) is 15.0. The molecule has 1 saturated carbocycles. The molecular formula is C21H23N7O2S. The van der Waals surface area contributed by atoms with Gasteiger partial charge in [0, 0.05) is 7.05 Å². The Labute approximate surface area is 183 Å². The maximum absolute atomic E-state index is 13.0. The zero-order valence-electron chi connectivity index (χ0n) is 17.3. The fourth-order valence-corrected chi connectivity index (χ4v) is 5.27. The number of fused-ring (bicyclic) bond motifs is 2. The highest BCUT2D eigenvalue weighted by Gasteiger charge is 2.38. The summed E-state index contributed by atoms with van der Waals surface area (Å²) in [5.74, 6) is 0.924. The van der Waals surface area contributed by atoms with Crippen molar-refractivity contribution in [2.45, 2.75) is 31.0 Å². The van der Waals surface area contributed by atoms with Gasteiger partial charge < -0.3 is 5.32 Å². The first-order valence-corrected chi connectivity index (χ1v) is 11.2. The van der Waals surface area contributed by atoms with Crippen LogP contribution in [0.25, 0.3) is 5.69 Å². The van der Waals surface area contributed by atoms with Crippen LogP contribution in [0.5, 0.6) is 0 Å². The predicted octanol–water partition coefficient (Wildman–Crippen LogP) is 2.34. The Bertz CT molecular complexity index is 1210. The summed E-state index contributed by atoms with van der Waals surface area (Å²) in [5.41, 5.74) is 1.45. The van der Waals surface area contributed by atoms with Crippen molar-refractivity contribution in [3.63, 3.8) is 0 Å². The highest BCUT2D eigenvalue weighted by molar-refractivity contribution is 7.99. The summed E-state index contributed by atoms with van der Waals surface area (Å²) in [4.78, 5) is 25.6. The fourth-order valence-electron chi connectivity index (χ4n) is 4.54. The molecule has 2 aromatic heterocycles. The zero-order chi connectivity index (χ0) is 21.5. The maximum atomic E-state index is 13.0. The van der Waals surface area contributed by atoms with Gasteiger partial charge in [0.2, 0.25) is 11.1 Å². The first-order valence-electron chi connectivity index (χ1n) is 10.3. The highest BCUT2D eigenvalue weighted by atomic mass is 32.2. The van der Waals surface area contributed by atoms with Crippen molar-refractivity contribution in [3.05, 3.63) is 58.5 Å². The van der Waals surface area contributed by atoms with Gasteiger partial charge in [0.15, 0.2) is 0 Å². The van der Waals surface area contributed by atoms with Crippen LogP contribution < -0.4 is 10.9 Å². The zero-order valence-corrected chi connectivity index (χ0v) is 18.1. The molecule has 2 aliphatic carbocycles. The second-order valence-corrected chi connectivity index (χ2v) is 8.97. The average molecular weight is 438 g/mol. The number of hydrogen-bond acceptors (Lipinski definition) is 6. The lowest BCUT2D eigenvalue weighted by molar-refractivity contribution is -0.113. The van der Waals surface area contributed by atoms with E-state index in [9.17, 15) is 9.59 Å². The van der Waals surface area contributed by atoms with Crippen LogP contribution in [-0.2, 0) is 11.8 Å². The largest absolute Gasteiger partial charge is 0.319 e. The number of nitrogens with zero attached hydrogens (tertiary/aromatic N) is 6. The molecule has 160 valence electrons. The number of anilines is 1. The summed E-state index contributed by atoms with van der Waals surface area (Å²) in [6.45, 7) is 1.81. The molecule has 1 fully saturated rings. The van der Waals surface area contributed by atoms with E-state index < -0.39 is 0 Å². The Hall–Kier alpha value is -3.14. The summed E-state index contributed by atoms with van der Waals surface area (Å²) in [7, 11) is 1.80. The molecule has 1 amide bonds. The predicted molar refractivity (Wildman–Crippen MR) is 117 cm³/mol. The van der Waals surface area contributed by atoms with Gasteiger partial charge in [0.05, 0.1) is 23.2 Å². The number of tetrazole rings is 1. The molecule has 2 heterocycles. The van der Waals surface area contributed by atoms with Crippen LogP contribution in [0.15, 0.2) is 52.4 Å². The van der Waals surface area contributed by atoms with Crippen molar-refractivity contribution in [3.8, 4) is 5.69 Å². The molecule has 1 N–H and O–H groups in total. The van der Waals surface area contributed by atoms with Crippen LogP contribution in [0.1, 0.15) is 24.6 Å². The molecule has 0 spiro atoms. The minimum atomic E-state index is -0.265. The van der Waals surface area contributed by atoms with Crippen molar-refractivity contribution >= 4 is 23.4 Å². The van der Waals surface area contributed by atoms with E-state index in [0.717, 1.165) is 18.5 Å². The second-order valence-electron chi connectivity index (χ2n) is 8.03. The van der Waals surface area contributed by atoms with E-state index in [1.165, 1.54) is 11.8 Å². The molecule has 0 aliphatic heterocycles. The Balaban J connectivity index is 1.29. The lowest BCUT2D eigenvalue weighted by atomic mass is 10.0. The summed E-state index contributed by atoms with van der Waals surface area (Å²) >= 11 is 1.29. The minimum Gasteiger partial charge on any atom is -0.319 e. The minimum absolute atomic E-state index is 0.121. The number of amides is 1. The van der Waals surface area contributed by atoms with Gasteiger partial charge in [-0.15, -0.1) is 5.10 Å². The number of allylic oxidation sites excluding steroid dienone is 2. The van der Waals surface area contributed by atoms with Crippen molar-refractivity contribution in [1.29, 1.82) is 0 Å². The van der Waals surface area contributed by atoms with Gasteiger partial charge >= 0.3 is 0 Å². The van der Waals surface area contributed by atoms with Crippen LogP contribution in [0.3, 0.4) is 0 Å². The van der Waals surface area contributed by atoms with Crippen molar-refractivity contribution in [2.24, 2.45) is 18.9 Å². The van der Waals surface area contributed by atoms with Gasteiger partial charge in [-0.05, 0) is 54.2 Å². The van der Waals surface area contributed by atoms with E-state index in [-0.39, 0.29) is 28.9 Å². The molecule has 10 heteroatoms. The first kappa shape index (κ1) is 19.8. The molecule has 0 saturated heterocycles. The maximum Gasteiger partial charge on any atom is 0.295 e. The molecule has 5 rings (SSSR count). The smallest absolute Gasteiger partial charge is 0.295 e. The number of thioether (sulfide) groups is 1. The number of nitrogens with one attached hydrogen (secondary N) is 1. The second kappa shape index (κ2) is 7.84. The molecule has 3 aromatic rings. The Morgan fingerprint density at radius 3 is 2.74 bits per heavy atom. The quantitative estimate of drug-likeness (QED) is 0.469. The van der Waals surface area contributed by atoms with Crippen LogP contribution in [-0.4, -0.2) is 41.2 Å². The van der Waals surface area contributed by atoms with E-state index >= 15 is 0 Å². The van der Waals surface area contributed by atoms with E-state index in [1.807, 2.05) is 41.9 Å². The molecule has 3 atom stereocenters. The molecular weight excluding hydrogens is 414 g/mol. The SMILES string of the molecule is Cc1c(NC(=O)CSc2nnnn2[C@@H]2C[C@H]3C=C[C@H]2C3)c(=O)n(-c2ccccc2)n1C. The van der Waals surface area contributed by atoms with Gasteiger partial charge in [-0.25, -0.2) is 9.36 Å². The third-order valence-corrected chi connectivity index (χ3v) is 7.11. The van der Waals surface area contributed by atoms with Crippen LogP contribution >= 0.6 is 11.8 Å². The molecule has 2 aliphatic rings. The van der Waals surface area contributed by atoms with E-state index in [2.05, 4.69) is 33.0 Å². The Morgan fingerprint density at radius 1 is 1.23 bits per heavy atom. The molecule has 2 bridgehead atoms. The van der Waals surface area contributed by atoms with E-state index in [4.69, 9.17) is 0 Å². The topological polar surface area (TPSA) is 99.6 Å². The van der Waals surface area contributed by atoms with E-state index in [1.54, 1.807) is 16.4 Å². The molecule has 0 radical (unpaired) electrons. The lowest BCUT2D eigenvalue weighted by Crippen LogP contribution is -2.24. The normalized spacial score (nSPS) is 21.7. The Morgan fingerprint density at radius 2 is 2.03 bits per heavy atom. The standard InChI is InChI=1S/C21H23N7O2S/c1-13-19(20(30)28(26(13)2)16-6-4-3-5-7-16)22-18(29)12-31-21-23-24-25-27(21)17-11-14-8-9-15(17)10-14/h3-9,14-15,17H,10-12H2,1-2H3,(H,22,29)/t14-,15-,17+/m0/s1. The number of benzene rings is 1. The summed E-state index contributed by atoms with van der Waals surface area (Å²) in [6, 6.07) is 9.60. The van der Waals surface area contributed by atoms with Gasteiger partial charge in [-0.3, -0.25) is 14.3 Å². The molecule has 31 heavy (non-hydrogen) atoms. The van der Waals surface area contributed by atoms with Gasteiger partial charge in [0.25, 0.3) is 5.56 Å². The van der Waals surface area contributed by atoms with Crippen LogP contribution in [0.2, 0.25) is 0 Å². The van der Waals surface area contributed by atoms with Crippen molar-refractivity contribution in [2.75, 3.05) is 11.1 Å². The lowest BCUT2D eigenvalue weighted by Gasteiger charge is -2.18. The highest BCUT2D eigenvalue weighted by Crippen LogP contribution is 2.46. The summed E-state index contributed by atoms with van der Waals surface area (Å²) in [6.07, 6.45) is 6.71. The summed E-state index contributed by atoms with van der Waals surface area (Å²) < 4.78 is 5.13. The number of hydrogen-bond donors (Lipinski definition) is 1. The fraction of sp³-hybridized carbons (Fsp3) is 0.381. The van der Waals surface area contributed by atoms with Gasteiger partial charge in [0.1, 0.15) is 5.69 Å². The molecule has 1 aromatic carbocycles. The number of para-hydroxylation sites is 1.